The van der Waals surface area contributed by atoms with E-state index >= 15 is 0 Å². The topological polar surface area (TPSA) is 58.5 Å². The lowest BCUT2D eigenvalue weighted by Crippen LogP contribution is -2.38. The number of para-hydroxylation sites is 1. The van der Waals surface area contributed by atoms with Crippen LogP contribution in [0.1, 0.15) is 17.0 Å². The Morgan fingerprint density at radius 3 is 2.62 bits per heavy atom. The Hall–Kier alpha value is -1.83. The first kappa shape index (κ1) is 20.2. The fourth-order valence-electron chi connectivity index (χ4n) is 2.32. The smallest absolute Gasteiger partial charge is 0.191 e. The molecule has 0 fully saturated rings. The zero-order chi connectivity index (χ0) is 16.5. The van der Waals surface area contributed by atoms with Crippen LogP contribution in [0.25, 0.3) is 0 Å². The van der Waals surface area contributed by atoms with Crippen LogP contribution in [0.2, 0.25) is 0 Å². The molecular weight excluding hydrogens is 415 g/mol. The Kier molecular flexibility index (Phi) is 9.14. The largest absolute Gasteiger partial charge is 0.496 e. The number of halogens is 1. The maximum atomic E-state index is 5.36. The highest BCUT2D eigenvalue weighted by Crippen LogP contribution is 2.17. The molecular formula is C18H25IN4O. The molecule has 0 aliphatic heterocycles. The van der Waals surface area contributed by atoms with Gasteiger partial charge in [0.05, 0.1) is 19.3 Å². The van der Waals surface area contributed by atoms with Gasteiger partial charge in [-0.05, 0) is 37.1 Å². The van der Waals surface area contributed by atoms with Crippen LogP contribution in [0, 0.1) is 6.92 Å². The first-order chi connectivity index (χ1) is 11.2. The van der Waals surface area contributed by atoms with Gasteiger partial charge >= 0.3 is 0 Å². The van der Waals surface area contributed by atoms with Crippen molar-refractivity contribution in [1.29, 1.82) is 0 Å². The highest BCUT2D eigenvalue weighted by Gasteiger charge is 2.03. The minimum atomic E-state index is 0. The summed E-state index contributed by atoms with van der Waals surface area (Å²) in [6.07, 6.45) is 0.868. The van der Waals surface area contributed by atoms with E-state index in [4.69, 9.17) is 4.74 Å². The summed E-state index contributed by atoms with van der Waals surface area (Å²) in [6.45, 7) is 3.42. The molecule has 6 heteroatoms. The van der Waals surface area contributed by atoms with Crippen molar-refractivity contribution >= 4 is 29.9 Å². The van der Waals surface area contributed by atoms with Crippen LogP contribution >= 0.6 is 24.0 Å². The normalized spacial score (nSPS) is 10.7. The molecule has 130 valence electrons. The van der Waals surface area contributed by atoms with Gasteiger partial charge in [0.15, 0.2) is 5.96 Å². The van der Waals surface area contributed by atoms with E-state index in [1.54, 1.807) is 14.2 Å². The van der Waals surface area contributed by atoms with Gasteiger partial charge in [0.1, 0.15) is 5.75 Å². The number of hydrogen-bond acceptors (Lipinski definition) is 3. The summed E-state index contributed by atoms with van der Waals surface area (Å²) in [6, 6.07) is 14.1. The van der Waals surface area contributed by atoms with Crippen LogP contribution in [0.4, 0.5) is 0 Å². The maximum Gasteiger partial charge on any atom is 0.191 e. The fourth-order valence-corrected chi connectivity index (χ4v) is 2.32. The molecule has 24 heavy (non-hydrogen) atoms. The molecule has 0 saturated carbocycles. The molecule has 0 atom stereocenters. The Morgan fingerprint density at radius 1 is 1.12 bits per heavy atom. The van der Waals surface area contributed by atoms with Crippen molar-refractivity contribution in [3.8, 4) is 5.75 Å². The lowest BCUT2D eigenvalue weighted by atomic mass is 10.1. The summed E-state index contributed by atoms with van der Waals surface area (Å²) < 4.78 is 5.36. The standard InChI is InChI=1S/C18H24N4O.HI/c1-14-7-6-9-16(22-14)13-21-18(19-2)20-12-11-15-8-4-5-10-17(15)23-3;/h4-10H,11-13H2,1-3H3,(H2,19,20,21);1H. The number of methoxy groups -OCH3 is 1. The number of pyridine rings is 1. The van der Waals surface area contributed by atoms with Crippen LogP contribution in [-0.4, -0.2) is 31.6 Å². The average Bonchev–Trinajstić information content (AvgIpc) is 2.58. The third-order valence-electron chi connectivity index (χ3n) is 3.49. The summed E-state index contributed by atoms with van der Waals surface area (Å²) in [4.78, 5) is 8.70. The fraction of sp³-hybridized carbons (Fsp3) is 0.333. The predicted octanol–water partition coefficient (Wildman–Crippen LogP) is 2.92. The monoisotopic (exact) mass is 440 g/mol. The van der Waals surface area contributed by atoms with Gasteiger partial charge in [-0.1, -0.05) is 24.3 Å². The number of rotatable bonds is 6. The molecule has 0 unspecified atom stereocenters. The number of ether oxygens (including phenoxy) is 1. The quantitative estimate of drug-likeness (QED) is 0.412. The molecule has 1 aromatic carbocycles. The third kappa shape index (κ3) is 6.35. The van der Waals surface area contributed by atoms with Gasteiger partial charge in [0.2, 0.25) is 0 Å². The highest BCUT2D eigenvalue weighted by atomic mass is 127. The number of hydrogen-bond donors (Lipinski definition) is 2. The van der Waals surface area contributed by atoms with E-state index in [1.807, 2.05) is 43.3 Å². The number of aryl methyl sites for hydroxylation is 1. The molecule has 2 aromatic rings. The molecule has 0 spiro atoms. The number of benzene rings is 1. The second kappa shape index (κ2) is 10.9. The molecule has 1 heterocycles. The molecule has 0 aliphatic carbocycles. The van der Waals surface area contributed by atoms with Crippen LogP contribution in [0.15, 0.2) is 47.5 Å². The zero-order valence-corrected chi connectivity index (χ0v) is 16.7. The molecule has 0 radical (unpaired) electrons. The van der Waals surface area contributed by atoms with Crippen LogP contribution in [-0.2, 0) is 13.0 Å². The molecule has 0 aliphatic rings. The SMILES string of the molecule is CN=C(NCCc1ccccc1OC)NCc1cccc(C)n1.I. The summed E-state index contributed by atoms with van der Waals surface area (Å²) in [5.41, 5.74) is 3.19. The zero-order valence-electron chi connectivity index (χ0n) is 14.4. The van der Waals surface area contributed by atoms with Crippen LogP contribution in [0.3, 0.4) is 0 Å². The molecule has 1 aromatic heterocycles. The molecule has 2 rings (SSSR count). The van der Waals surface area contributed by atoms with Gasteiger partial charge in [-0.15, -0.1) is 24.0 Å². The maximum absolute atomic E-state index is 5.36. The van der Waals surface area contributed by atoms with Crippen molar-refractivity contribution in [3.05, 3.63) is 59.4 Å². The average molecular weight is 440 g/mol. The Labute approximate surface area is 161 Å². The van der Waals surface area contributed by atoms with Crippen molar-refractivity contribution in [2.24, 2.45) is 4.99 Å². The van der Waals surface area contributed by atoms with Crippen LogP contribution < -0.4 is 15.4 Å². The molecule has 5 nitrogen and oxygen atoms in total. The van der Waals surface area contributed by atoms with Crippen molar-refractivity contribution in [3.63, 3.8) is 0 Å². The van der Waals surface area contributed by atoms with Gasteiger partial charge in [-0.2, -0.15) is 0 Å². The molecule has 0 amide bonds. The van der Waals surface area contributed by atoms with E-state index in [2.05, 4.69) is 26.7 Å². The van der Waals surface area contributed by atoms with E-state index in [1.165, 1.54) is 5.56 Å². The molecule has 0 bridgehead atoms. The Balaban J connectivity index is 0.00000288. The van der Waals surface area contributed by atoms with E-state index in [0.717, 1.165) is 36.1 Å². The highest BCUT2D eigenvalue weighted by molar-refractivity contribution is 14.0. The van der Waals surface area contributed by atoms with Crippen molar-refractivity contribution in [2.45, 2.75) is 19.9 Å². The van der Waals surface area contributed by atoms with Gasteiger partial charge in [0, 0.05) is 19.3 Å². The third-order valence-corrected chi connectivity index (χ3v) is 3.49. The van der Waals surface area contributed by atoms with Gasteiger partial charge < -0.3 is 15.4 Å². The van der Waals surface area contributed by atoms with Crippen molar-refractivity contribution in [2.75, 3.05) is 20.7 Å². The van der Waals surface area contributed by atoms with Crippen LogP contribution in [0.5, 0.6) is 5.75 Å². The molecule has 0 saturated heterocycles. The summed E-state index contributed by atoms with van der Waals surface area (Å²) in [5, 5.41) is 6.58. The Morgan fingerprint density at radius 2 is 1.92 bits per heavy atom. The van der Waals surface area contributed by atoms with Gasteiger partial charge in [-0.25, -0.2) is 0 Å². The Bertz CT molecular complexity index is 661. The first-order valence-corrected chi connectivity index (χ1v) is 7.72. The van der Waals surface area contributed by atoms with Gasteiger partial charge in [-0.3, -0.25) is 9.98 Å². The minimum Gasteiger partial charge on any atom is -0.496 e. The van der Waals surface area contributed by atoms with E-state index in [0.29, 0.717) is 6.54 Å². The summed E-state index contributed by atoms with van der Waals surface area (Å²) in [5.74, 6) is 1.68. The second-order valence-electron chi connectivity index (χ2n) is 5.18. The number of aromatic nitrogens is 1. The number of guanidine groups is 1. The number of nitrogens with one attached hydrogen (secondary N) is 2. The lowest BCUT2D eigenvalue weighted by molar-refractivity contribution is 0.409. The minimum absolute atomic E-state index is 0. The molecule has 2 N–H and O–H groups in total. The predicted molar refractivity (Wildman–Crippen MR) is 109 cm³/mol. The lowest BCUT2D eigenvalue weighted by Gasteiger charge is -2.13. The first-order valence-electron chi connectivity index (χ1n) is 7.72. The van der Waals surface area contributed by atoms with E-state index < -0.39 is 0 Å². The number of aliphatic imine (C=N–C) groups is 1. The van der Waals surface area contributed by atoms with Crippen molar-refractivity contribution in [1.82, 2.24) is 15.6 Å². The van der Waals surface area contributed by atoms with E-state index in [-0.39, 0.29) is 24.0 Å². The van der Waals surface area contributed by atoms with Crippen molar-refractivity contribution < 1.29 is 4.74 Å². The van der Waals surface area contributed by atoms with E-state index in [9.17, 15) is 0 Å². The summed E-state index contributed by atoms with van der Waals surface area (Å²) in [7, 11) is 3.46. The second-order valence-corrected chi connectivity index (χ2v) is 5.18. The number of nitrogens with zero attached hydrogens (tertiary/aromatic N) is 2. The van der Waals surface area contributed by atoms with Gasteiger partial charge in [0.25, 0.3) is 0 Å². The summed E-state index contributed by atoms with van der Waals surface area (Å²) >= 11 is 0.